The molecule has 2 aliphatic rings. The zero-order chi connectivity index (χ0) is 31.5. The minimum absolute atomic E-state index is 0.0330. The maximum Gasteiger partial charge on any atom is 0.416 e. The van der Waals surface area contributed by atoms with Crippen molar-refractivity contribution in [3.8, 4) is 0 Å². The van der Waals surface area contributed by atoms with Gasteiger partial charge >= 0.3 is 12.4 Å². The predicted molar refractivity (Wildman–Crippen MR) is 144 cm³/mol. The molecule has 1 saturated heterocycles. The van der Waals surface area contributed by atoms with Crippen LogP contribution in [0.2, 0.25) is 0 Å². The first kappa shape index (κ1) is 31.8. The number of nitrogens with zero attached hydrogens (tertiary/aromatic N) is 2. The Morgan fingerprint density at radius 2 is 1.37 bits per heavy atom. The topological polar surface area (TPSA) is 101 Å². The van der Waals surface area contributed by atoms with Gasteiger partial charge in [-0.1, -0.05) is 0 Å². The van der Waals surface area contributed by atoms with E-state index in [-0.39, 0.29) is 60.3 Å². The van der Waals surface area contributed by atoms with E-state index in [1.807, 2.05) is 0 Å². The fraction of sp³-hybridized carbons (Fsp3) is 0.400. The summed E-state index contributed by atoms with van der Waals surface area (Å²) < 4.78 is 79.5. The number of primary amides is 1. The molecule has 4 rings (SSSR count). The van der Waals surface area contributed by atoms with E-state index in [1.165, 1.54) is 12.1 Å². The highest BCUT2D eigenvalue weighted by Crippen LogP contribution is 2.37. The number of allylic oxidation sites excluding steroid dienone is 1. The summed E-state index contributed by atoms with van der Waals surface area (Å²) >= 11 is 0. The second kappa shape index (κ2) is 12.6. The van der Waals surface area contributed by atoms with E-state index < -0.39 is 35.2 Å². The molecule has 43 heavy (non-hydrogen) atoms. The third-order valence-electron chi connectivity index (χ3n) is 7.49. The van der Waals surface area contributed by atoms with E-state index in [9.17, 15) is 45.5 Å². The zero-order valence-electron chi connectivity index (χ0n) is 23.0. The van der Waals surface area contributed by atoms with Crippen molar-refractivity contribution in [2.45, 2.75) is 50.9 Å². The summed E-state index contributed by atoms with van der Waals surface area (Å²) in [7, 11) is 0. The van der Waals surface area contributed by atoms with Gasteiger partial charge in [0.25, 0.3) is 5.91 Å². The molecule has 0 unspecified atom stereocenters. The number of amides is 3. The first-order valence-corrected chi connectivity index (χ1v) is 13.7. The van der Waals surface area contributed by atoms with Crippen LogP contribution in [0.25, 0.3) is 6.08 Å². The molecule has 3 amide bonds. The Morgan fingerprint density at radius 1 is 0.791 bits per heavy atom. The maximum absolute atomic E-state index is 13.2. The fourth-order valence-corrected chi connectivity index (χ4v) is 5.19. The number of benzene rings is 2. The average molecular weight is 610 g/mol. The van der Waals surface area contributed by atoms with Crippen LogP contribution in [-0.4, -0.2) is 59.5 Å². The largest absolute Gasteiger partial charge is 0.416 e. The molecule has 0 atom stereocenters. The normalized spacial score (nSPS) is 16.8. The maximum atomic E-state index is 13.2. The second-order valence-electron chi connectivity index (χ2n) is 10.6. The van der Waals surface area contributed by atoms with Crippen LogP contribution in [0.3, 0.4) is 0 Å². The van der Waals surface area contributed by atoms with Crippen molar-refractivity contribution in [2.75, 3.05) is 26.2 Å². The molecule has 1 aliphatic heterocycles. The Balaban J connectivity index is 1.43. The lowest BCUT2D eigenvalue weighted by atomic mass is 9.84. The van der Waals surface area contributed by atoms with E-state index in [0.717, 1.165) is 6.08 Å². The van der Waals surface area contributed by atoms with Crippen molar-refractivity contribution in [2.24, 2.45) is 5.73 Å². The van der Waals surface area contributed by atoms with Crippen molar-refractivity contribution >= 4 is 29.6 Å². The van der Waals surface area contributed by atoms with Crippen LogP contribution in [0.15, 0.2) is 42.0 Å². The summed E-state index contributed by atoms with van der Waals surface area (Å²) in [6.45, 7) is 1.32. The first-order valence-electron chi connectivity index (χ1n) is 13.7. The van der Waals surface area contributed by atoms with E-state index >= 15 is 0 Å². The summed E-state index contributed by atoms with van der Waals surface area (Å²) in [6.07, 6.45) is -7.05. The summed E-state index contributed by atoms with van der Waals surface area (Å²) in [5.74, 6) is -1.29. The third kappa shape index (κ3) is 7.82. The molecule has 0 bridgehead atoms. The molecule has 0 radical (unpaired) electrons. The minimum atomic E-state index is -5.00. The molecule has 230 valence electrons. The van der Waals surface area contributed by atoms with Crippen molar-refractivity contribution in [1.29, 1.82) is 0 Å². The number of Topliss-reactive ketones (excluding diaryl/α,β-unsaturated/α-hetero) is 1. The van der Waals surface area contributed by atoms with Gasteiger partial charge in [-0.25, -0.2) is 0 Å². The highest BCUT2D eigenvalue weighted by atomic mass is 19.4. The summed E-state index contributed by atoms with van der Waals surface area (Å²) in [5.41, 5.74) is 2.96. The molecule has 1 heterocycles. The van der Waals surface area contributed by atoms with Gasteiger partial charge < -0.3 is 15.5 Å². The predicted octanol–water partition coefficient (Wildman–Crippen LogP) is 5.27. The monoisotopic (exact) mass is 609 g/mol. The van der Waals surface area contributed by atoms with Gasteiger partial charge in [0.05, 0.1) is 11.1 Å². The second-order valence-corrected chi connectivity index (χ2v) is 10.6. The van der Waals surface area contributed by atoms with Gasteiger partial charge in [-0.3, -0.25) is 19.2 Å². The van der Waals surface area contributed by atoms with Gasteiger partial charge in [-0.2, -0.15) is 26.3 Å². The number of piperazine rings is 1. The molecule has 1 fully saturated rings. The van der Waals surface area contributed by atoms with Gasteiger partial charge in [0, 0.05) is 55.7 Å². The van der Waals surface area contributed by atoms with Gasteiger partial charge in [0.15, 0.2) is 5.78 Å². The minimum Gasteiger partial charge on any atom is -0.370 e. The van der Waals surface area contributed by atoms with E-state index in [0.29, 0.717) is 62.3 Å². The van der Waals surface area contributed by atoms with Crippen LogP contribution in [0.1, 0.15) is 75.1 Å². The Morgan fingerprint density at radius 3 is 1.95 bits per heavy atom. The van der Waals surface area contributed by atoms with Crippen LogP contribution in [0.4, 0.5) is 26.3 Å². The van der Waals surface area contributed by atoms with E-state index in [4.69, 9.17) is 5.73 Å². The number of nitrogens with two attached hydrogens (primary N) is 1. The van der Waals surface area contributed by atoms with Crippen molar-refractivity contribution < 1.29 is 45.5 Å². The highest BCUT2D eigenvalue weighted by molar-refractivity contribution is 6.13. The standard InChI is InChI=1S/C30H29F6N3O4/c31-29(32,33)22-14-18(15-23(17-22)30(34,35)36)13-20-6-5-19-16-21(7-8-24(19)27(20)42)28(43)39-11-9-38(10-12-39)26(41)4-2-1-3-25(37)40/h7-8,13-17H,1-6,9-12H2,(H2,37,40)/b20-13+. The molecule has 0 saturated carbocycles. The van der Waals surface area contributed by atoms with Crippen molar-refractivity contribution in [3.05, 3.63) is 75.4 Å². The van der Waals surface area contributed by atoms with Gasteiger partial charge in [-0.15, -0.1) is 0 Å². The summed E-state index contributed by atoms with van der Waals surface area (Å²) in [5, 5.41) is 0. The first-order chi connectivity index (χ1) is 20.1. The number of hydrogen-bond donors (Lipinski definition) is 1. The van der Waals surface area contributed by atoms with Crippen LogP contribution in [-0.2, 0) is 28.4 Å². The number of hydrogen-bond acceptors (Lipinski definition) is 4. The molecular formula is C30H29F6N3O4. The molecule has 2 aromatic rings. The SMILES string of the molecule is NC(=O)CCCCC(=O)N1CCN(C(=O)c2ccc3c(c2)CC/C(=C\c2cc(C(F)(F)F)cc(C(F)(F)F)c2)C3=O)CC1. The number of halogens is 6. The van der Waals surface area contributed by atoms with Gasteiger partial charge in [0.1, 0.15) is 0 Å². The summed E-state index contributed by atoms with van der Waals surface area (Å²) in [6, 6.07) is 5.66. The fourth-order valence-electron chi connectivity index (χ4n) is 5.19. The number of ketones is 1. The Hall–Kier alpha value is -4.16. The quantitative estimate of drug-likeness (QED) is 0.263. The van der Waals surface area contributed by atoms with Crippen LogP contribution < -0.4 is 5.73 Å². The lowest BCUT2D eigenvalue weighted by Crippen LogP contribution is -2.50. The molecular weight excluding hydrogens is 580 g/mol. The van der Waals surface area contributed by atoms with Crippen LogP contribution >= 0.6 is 0 Å². The highest BCUT2D eigenvalue weighted by Gasteiger charge is 2.37. The van der Waals surface area contributed by atoms with E-state index in [1.54, 1.807) is 15.9 Å². The molecule has 13 heteroatoms. The smallest absolute Gasteiger partial charge is 0.370 e. The van der Waals surface area contributed by atoms with Gasteiger partial charge in [0.2, 0.25) is 11.8 Å². The molecule has 7 nitrogen and oxygen atoms in total. The molecule has 1 aliphatic carbocycles. The number of alkyl halides is 6. The Kier molecular flexibility index (Phi) is 9.31. The molecule has 2 aromatic carbocycles. The number of carbonyl (C=O) groups excluding carboxylic acids is 4. The lowest BCUT2D eigenvalue weighted by molar-refractivity contribution is -0.143. The average Bonchev–Trinajstić information content (AvgIpc) is 2.95. The van der Waals surface area contributed by atoms with Crippen LogP contribution in [0, 0.1) is 0 Å². The summed E-state index contributed by atoms with van der Waals surface area (Å²) in [4.78, 5) is 52.8. The number of fused-ring (bicyclic) bond motifs is 1. The van der Waals surface area contributed by atoms with Gasteiger partial charge in [-0.05, 0) is 79.3 Å². The lowest BCUT2D eigenvalue weighted by Gasteiger charge is -2.35. The number of aryl methyl sites for hydroxylation is 1. The number of rotatable bonds is 7. The van der Waals surface area contributed by atoms with Crippen molar-refractivity contribution in [1.82, 2.24) is 9.80 Å². The Labute approximate surface area is 243 Å². The molecule has 2 N–H and O–H groups in total. The number of carbonyl (C=O) groups is 4. The molecule has 0 spiro atoms. The van der Waals surface area contributed by atoms with E-state index in [2.05, 4.69) is 0 Å². The zero-order valence-corrected chi connectivity index (χ0v) is 23.0. The molecule has 0 aromatic heterocycles. The van der Waals surface area contributed by atoms with Crippen molar-refractivity contribution in [3.63, 3.8) is 0 Å². The number of unbranched alkanes of at least 4 members (excludes halogenated alkanes) is 1. The Bertz CT molecular complexity index is 1420. The van der Waals surface area contributed by atoms with Crippen LogP contribution in [0.5, 0.6) is 0 Å². The third-order valence-corrected chi connectivity index (χ3v) is 7.49.